The Balaban J connectivity index is 1.95. The summed E-state index contributed by atoms with van der Waals surface area (Å²) >= 11 is 0. The number of carbonyl (C=O) groups excluding carboxylic acids is 4. The average molecular weight is 355 g/mol. The Morgan fingerprint density at radius 2 is 1.92 bits per heavy atom. The number of urea groups is 1. The van der Waals surface area contributed by atoms with Crippen molar-refractivity contribution in [1.29, 1.82) is 0 Å². The summed E-state index contributed by atoms with van der Waals surface area (Å²) in [4.78, 5) is 50.7. The van der Waals surface area contributed by atoms with E-state index in [9.17, 15) is 19.2 Å². The minimum absolute atomic E-state index is 0.243. The van der Waals surface area contributed by atoms with Crippen LogP contribution in [-0.2, 0) is 19.1 Å². The van der Waals surface area contributed by atoms with Crippen LogP contribution in [0.5, 0.6) is 0 Å². The Morgan fingerprint density at radius 1 is 1.24 bits per heavy atom. The van der Waals surface area contributed by atoms with Crippen molar-refractivity contribution in [3.8, 4) is 0 Å². The largest absolute Gasteiger partial charge is 0.451 e. The lowest BCUT2D eigenvalue weighted by atomic mass is 10.2. The molecule has 2 aliphatic heterocycles. The number of hydrogen-bond acceptors (Lipinski definition) is 6. The van der Waals surface area contributed by atoms with Gasteiger partial charge < -0.3 is 14.8 Å². The fourth-order valence-corrected chi connectivity index (χ4v) is 2.76. The highest BCUT2D eigenvalue weighted by Crippen LogP contribution is 2.22. The minimum Gasteiger partial charge on any atom is -0.451 e. The first-order chi connectivity index (χ1) is 11.6. The third-order valence-corrected chi connectivity index (χ3v) is 3.92. The van der Waals surface area contributed by atoms with Crippen LogP contribution in [0.25, 0.3) is 0 Å². The lowest BCUT2D eigenvalue weighted by Crippen LogP contribution is -2.47. The smallest absolute Gasteiger partial charge is 0.411 e. The second kappa shape index (κ2) is 7.28. The predicted molar refractivity (Wildman–Crippen MR) is 86.6 cm³/mol. The van der Waals surface area contributed by atoms with Crippen LogP contribution in [-0.4, -0.2) is 71.2 Å². The molecule has 2 rings (SSSR count). The molecule has 0 aromatic heterocycles. The van der Waals surface area contributed by atoms with Crippen LogP contribution < -0.4 is 5.32 Å². The Morgan fingerprint density at radius 3 is 2.48 bits per heavy atom. The molecule has 0 unspecified atom stereocenters. The minimum atomic E-state index is -1.10. The summed E-state index contributed by atoms with van der Waals surface area (Å²) in [5.41, 5.74) is -0.666. The summed E-state index contributed by atoms with van der Waals surface area (Å²) in [5.74, 6) is -1.24. The Hall–Kier alpha value is -2.32. The Labute approximate surface area is 146 Å². The van der Waals surface area contributed by atoms with Crippen LogP contribution in [0.2, 0.25) is 0 Å². The molecule has 0 radical (unpaired) electrons. The molecule has 9 heteroatoms. The number of rotatable bonds is 3. The standard InChI is InChI=1S/C16H25N3O6/c1-10(12(20)19-9-7-17-14(19)22)24-13(21)11-6-5-8-18(11)15(23)25-16(2,3)4/h10-11H,5-9H2,1-4H3,(H,17,22)/t10-,11+/m1/s1. The van der Waals surface area contributed by atoms with Gasteiger partial charge in [0.25, 0.3) is 5.91 Å². The molecule has 2 aliphatic rings. The predicted octanol–water partition coefficient (Wildman–Crippen LogP) is 0.869. The zero-order chi connectivity index (χ0) is 18.8. The molecular weight excluding hydrogens is 330 g/mol. The van der Waals surface area contributed by atoms with Crippen LogP contribution in [0.15, 0.2) is 0 Å². The molecule has 1 N–H and O–H groups in total. The normalized spacial score (nSPS) is 21.8. The van der Waals surface area contributed by atoms with E-state index in [0.29, 0.717) is 25.9 Å². The van der Waals surface area contributed by atoms with Gasteiger partial charge in [-0.15, -0.1) is 0 Å². The maximum atomic E-state index is 12.4. The summed E-state index contributed by atoms with van der Waals surface area (Å²) in [7, 11) is 0. The molecule has 0 bridgehead atoms. The first-order valence-corrected chi connectivity index (χ1v) is 8.39. The van der Waals surface area contributed by atoms with Gasteiger partial charge in [-0.3, -0.25) is 14.6 Å². The maximum Gasteiger partial charge on any atom is 0.411 e. The molecule has 0 aromatic carbocycles. The topological polar surface area (TPSA) is 105 Å². The molecule has 2 atom stereocenters. The lowest BCUT2D eigenvalue weighted by Gasteiger charge is -2.28. The molecule has 0 aromatic rings. The fourth-order valence-electron chi connectivity index (χ4n) is 2.76. The molecule has 4 amide bonds. The number of nitrogens with zero attached hydrogens (tertiary/aromatic N) is 2. The van der Waals surface area contributed by atoms with Crippen molar-refractivity contribution < 1.29 is 28.7 Å². The van der Waals surface area contributed by atoms with Crippen molar-refractivity contribution in [3.05, 3.63) is 0 Å². The van der Waals surface area contributed by atoms with E-state index in [1.165, 1.54) is 11.8 Å². The van der Waals surface area contributed by atoms with Gasteiger partial charge in [0, 0.05) is 19.6 Å². The molecule has 9 nitrogen and oxygen atoms in total. The number of hydrogen-bond donors (Lipinski definition) is 1. The Bertz CT molecular complexity index is 571. The highest BCUT2D eigenvalue weighted by molar-refractivity contribution is 5.98. The van der Waals surface area contributed by atoms with Crippen LogP contribution in [0.3, 0.4) is 0 Å². The molecule has 0 aliphatic carbocycles. The first kappa shape index (κ1) is 19.0. The number of ether oxygens (including phenoxy) is 2. The number of imide groups is 1. The molecule has 0 saturated carbocycles. The van der Waals surface area contributed by atoms with E-state index in [1.807, 2.05) is 0 Å². The van der Waals surface area contributed by atoms with E-state index < -0.39 is 41.7 Å². The second-order valence-electron chi connectivity index (χ2n) is 7.13. The SMILES string of the molecule is C[C@@H](OC(=O)[C@@H]1CCCN1C(=O)OC(C)(C)C)C(=O)N1CCNC1=O. The molecule has 2 heterocycles. The van der Waals surface area contributed by atoms with E-state index in [2.05, 4.69) is 5.32 Å². The molecular formula is C16H25N3O6. The van der Waals surface area contributed by atoms with Crippen molar-refractivity contribution in [3.63, 3.8) is 0 Å². The van der Waals surface area contributed by atoms with Crippen molar-refractivity contribution in [1.82, 2.24) is 15.1 Å². The van der Waals surface area contributed by atoms with E-state index in [1.54, 1.807) is 20.8 Å². The summed E-state index contributed by atoms with van der Waals surface area (Å²) in [5, 5.41) is 2.51. The van der Waals surface area contributed by atoms with E-state index >= 15 is 0 Å². The second-order valence-corrected chi connectivity index (χ2v) is 7.13. The number of esters is 1. The number of nitrogens with one attached hydrogen (secondary N) is 1. The van der Waals surface area contributed by atoms with E-state index in [0.717, 1.165) is 4.90 Å². The zero-order valence-electron chi connectivity index (χ0n) is 15.0. The van der Waals surface area contributed by atoms with E-state index in [4.69, 9.17) is 9.47 Å². The van der Waals surface area contributed by atoms with Crippen LogP contribution in [0.1, 0.15) is 40.5 Å². The van der Waals surface area contributed by atoms with Crippen LogP contribution in [0.4, 0.5) is 9.59 Å². The highest BCUT2D eigenvalue weighted by atomic mass is 16.6. The van der Waals surface area contributed by atoms with Crippen molar-refractivity contribution >= 4 is 24.0 Å². The average Bonchev–Trinajstić information content (AvgIpc) is 3.13. The van der Waals surface area contributed by atoms with E-state index in [-0.39, 0.29) is 6.54 Å². The third kappa shape index (κ3) is 4.61. The van der Waals surface area contributed by atoms with Gasteiger partial charge >= 0.3 is 18.1 Å². The van der Waals surface area contributed by atoms with Gasteiger partial charge in [0.1, 0.15) is 11.6 Å². The van der Waals surface area contributed by atoms with Gasteiger partial charge in [-0.05, 0) is 40.5 Å². The molecule has 2 saturated heterocycles. The van der Waals surface area contributed by atoms with Gasteiger partial charge in [0.05, 0.1) is 0 Å². The van der Waals surface area contributed by atoms with Gasteiger partial charge in [-0.1, -0.05) is 0 Å². The van der Waals surface area contributed by atoms with Crippen LogP contribution in [0, 0.1) is 0 Å². The first-order valence-electron chi connectivity index (χ1n) is 8.39. The van der Waals surface area contributed by atoms with Gasteiger partial charge in [0.2, 0.25) is 0 Å². The van der Waals surface area contributed by atoms with Crippen LogP contribution >= 0.6 is 0 Å². The van der Waals surface area contributed by atoms with Crippen molar-refractivity contribution in [2.24, 2.45) is 0 Å². The summed E-state index contributed by atoms with van der Waals surface area (Å²) < 4.78 is 10.5. The summed E-state index contributed by atoms with van der Waals surface area (Å²) in [6, 6.07) is -1.28. The number of likely N-dealkylation sites (tertiary alicyclic amines) is 1. The quantitative estimate of drug-likeness (QED) is 0.753. The molecule has 140 valence electrons. The fraction of sp³-hybridized carbons (Fsp3) is 0.750. The summed E-state index contributed by atoms with van der Waals surface area (Å²) in [6.07, 6.45) is -0.582. The number of amides is 4. The monoisotopic (exact) mass is 355 g/mol. The highest BCUT2D eigenvalue weighted by Gasteiger charge is 2.39. The zero-order valence-corrected chi connectivity index (χ0v) is 15.0. The maximum absolute atomic E-state index is 12.4. The van der Waals surface area contributed by atoms with Crippen molar-refractivity contribution in [2.75, 3.05) is 19.6 Å². The molecule has 2 fully saturated rings. The van der Waals surface area contributed by atoms with Crippen molar-refractivity contribution in [2.45, 2.75) is 58.3 Å². The third-order valence-electron chi connectivity index (χ3n) is 3.92. The lowest BCUT2D eigenvalue weighted by molar-refractivity contribution is -0.161. The molecule has 0 spiro atoms. The van der Waals surface area contributed by atoms with Gasteiger partial charge in [0.15, 0.2) is 6.10 Å². The van der Waals surface area contributed by atoms with Gasteiger partial charge in [-0.2, -0.15) is 0 Å². The molecule has 25 heavy (non-hydrogen) atoms. The summed E-state index contributed by atoms with van der Waals surface area (Å²) in [6.45, 7) is 7.67. The van der Waals surface area contributed by atoms with Gasteiger partial charge in [-0.25, -0.2) is 14.4 Å². The number of carbonyl (C=O) groups is 4. The Kier molecular flexibility index (Phi) is 5.54.